The van der Waals surface area contributed by atoms with Crippen LogP contribution in [0.15, 0.2) is 36.7 Å². The van der Waals surface area contributed by atoms with E-state index in [1.54, 1.807) is 18.5 Å². The fraction of sp³-hybridized carbons (Fsp3) is 0.333. The molecule has 7 nitrogen and oxygen atoms in total. The van der Waals surface area contributed by atoms with Crippen molar-refractivity contribution in [1.29, 1.82) is 0 Å². The number of sulfonamides is 1. The second-order valence-corrected chi connectivity index (χ2v) is 9.50. The number of carbonyl (C=O) groups excluding carboxylic acids is 1. The van der Waals surface area contributed by atoms with Gasteiger partial charge in [-0.3, -0.25) is 9.10 Å². The van der Waals surface area contributed by atoms with Crippen LogP contribution in [-0.4, -0.2) is 36.7 Å². The topological polar surface area (TPSA) is 84.3 Å². The van der Waals surface area contributed by atoms with Gasteiger partial charge in [0.05, 0.1) is 29.3 Å². The first-order chi connectivity index (χ1) is 13.7. The molecule has 1 N–H and O–H groups in total. The summed E-state index contributed by atoms with van der Waals surface area (Å²) in [5.41, 5.74) is 6.67. The van der Waals surface area contributed by atoms with E-state index in [1.807, 2.05) is 10.6 Å². The maximum absolute atomic E-state index is 12.4. The van der Waals surface area contributed by atoms with Crippen molar-refractivity contribution >= 4 is 38.3 Å². The minimum atomic E-state index is -3.27. The Kier molecular flexibility index (Phi) is 4.82. The molecule has 0 bridgehead atoms. The van der Waals surface area contributed by atoms with Gasteiger partial charge in [0.25, 0.3) is 0 Å². The molecule has 4 rings (SSSR count). The Morgan fingerprint density at radius 2 is 1.93 bits per heavy atom. The number of amides is 1. The van der Waals surface area contributed by atoms with E-state index in [9.17, 15) is 13.2 Å². The van der Waals surface area contributed by atoms with Gasteiger partial charge in [0, 0.05) is 25.2 Å². The van der Waals surface area contributed by atoms with E-state index in [0.29, 0.717) is 37.3 Å². The smallest absolute Gasteiger partial charge is 0.232 e. The molecule has 1 aliphatic heterocycles. The number of imidazole rings is 1. The van der Waals surface area contributed by atoms with Gasteiger partial charge in [-0.15, -0.1) is 0 Å². The van der Waals surface area contributed by atoms with Crippen LogP contribution in [0.1, 0.15) is 23.1 Å². The van der Waals surface area contributed by atoms with Gasteiger partial charge in [-0.05, 0) is 67.3 Å². The maximum Gasteiger partial charge on any atom is 0.232 e. The summed E-state index contributed by atoms with van der Waals surface area (Å²) in [5.74, 6) is -0.0893. The van der Waals surface area contributed by atoms with Gasteiger partial charge in [-0.25, -0.2) is 13.4 Å². The zero-order valence-electron chi connectivity index (χ0n) is 16.8. The molecule has 1 aromatic heterocycles. The van der Waals surface area contributed by atoms with E-state index in [0.717, 1.165) is 16.6 Å². The van der Waals surface area contributed by atoms with Crippen LogP contribution in [0.5, 0.6) is 0 Å². The minimum Gasteiger partial charge on any atom is -0.330 e. The molecule has 2 heterocycles. The fourth-order valence-corrected chi connectivity index (χ4v) is 4.69. The third-order valence-electron chi connectivity index (χ3n) is 5.43. The molecule has 0 atom stereocenters. The van der Waals surface area contributed by atoms with Crippen LogP contribution in [0, 0.1) is 13.8 Å². The summed E-state index contributed by atoms with van der Waals surface area (Å²) in [6.45, 7) is 5.11. The highest BCUT2D eigenvalue weighted by molar-refractivity contribution is 7.92. The summed E-state index contributed by atoms with van der Waals surface area (Å²) in [6, 6.07) is 9.53. The van der Waals surface area contributed by atoms with Crippen molar-refractivity contribution in [2.45, 2.75) is 33.2 Å². The Morgan fingerprint density at radius 3 is 2.69 bits per heavy atom. The van der Waals surface area contributed by atoms with Crippen molar-refractivity contribution in [2.75, 3.05) is 22.4 Å². The fourth-order valence-electron chi connectivity index (χ4n) is 3.73. The van der Waals surface area contributed by atoms with Crippen molar-refractivity contribution in [3.8, 4) is 0 Å². The van der Waals surface area contributed by atoms with Crippen LogP contribution in [0.4, 0.5) is 11.4 Å². The van der Waals surface area contributed by atoms with E-state index in [1.165, 1.54) is 21.7 Å². The number of fused-ring (bicyclic) bond motifs is 2. The second-order valence-electron chi connectivity index (χ2n) is 7.59. The quantitative estimate of drug-likeness (QED) is 0.698. The van der Waals surface area contributed by atoms with E-state index in [2.05, 4.69) is 36.3 Å². The normalized spacial score (nSPS) is 13.7. The summed E-state index contributed by atoms with van der Waals surface area (Å²) in [7, 11) is -3.27. The molecule has 0 unspecified atom stereocenters. The molecular weight excluding hydrogens is 388 g/mol. The number of nitrogens with one attached hydrogen (secondary N) is 1. The van der Waals surface area contributed by atoms with Crippen LogP contribution in [0.3, 0.4) is 0 Å². The molecule has 152 valence electrons. The predicted molar refractivity (Wildman–Crippen MR) is 115 cm³/mol. The summed E-state index contributed by atoms with van der Waals surface area (Å²) in [6.07, 6.45) is 3.95. The molecule has 0 saturated heterocycles. The average molecular weight is 413 g/mol. The number of benzene rings is 2. The number of carbonyl (C=O) groups is 1. The Labute approximate surface area is 170 Å². The number of hydrogen-bond donors (Lipinski definition) is 1. The predicted octanol–water partition coefficient (Wildman–Crippen LogP) is 3.00. The zero-order chi connectivity index (χ0) is 20.8. The summed E-state index contributed by atoms with van der Waals surface area (Å²) >= 11 is 0. The van der Waals surface area contributed by atoms with Crippen LogP contribution in [0.25, 0.3) is 11.0 Å². The maximum atomic E-state index is 12.4. The summed E-state index contributed by atoms with van der Waals surface area (Å²) in [5, 5.41) is 2.92. The molecule has 3 aromatic rings. The van der Waals surface area contributed by atoms with Crippen LogP contribution >= 0.6 is 0 Å². The Morgan fingerprint density at radius 1 is 1.17 bits per heavy atom. The molecule has 0 saturated carbocycles. The average Bonchev–Trinajstić information content (AvgIpc) is 3.24. The van der Waals surface area contributed by atoms with Crippen molar-refractivity contribution in [3.05, 3.63) is 53.3 Å². The summed E-state index contributed by atoms with van der Waals surface area (Å²) < 4.78 is 27.1. The number of aromatic nitrogens is 2. The molecule has 0 fully saturated rings. The number of nitrogens with zero attached hydrogens (tertiary/aromatic N) is 3. The Hall–Kier alpha value is -2.87. The monoisotopic (exact) mass is 412 g/mol. The lowest BCUT2D eigenvalue weighted by molar-refractivity contribution is -0.116. The molecule has 0 radical (unpaired) electrons. The molecular formula is C21H24N4O3S. The van der Waals surface area contributed by atoms with Gasteiger partial charge < -0.3 is 9.88 Å². The first-order valence-electron chi connectivity index (χ1n) is 9.55. The highest BCUT2D eigenvalue weighted by Gasteiger charge is 2.26. The van der Waals surface area contributed by atoms with E-state index < -0.39 is 10.0 Å². The van der Waals surface area contributed by atoms with E-state index in [-0.39, 0.29) is 5.91 Å². The first-order valence-corrected chi connectivity index (χ1v) is 11.4. The van der Waals surface area contributed by atoms with Gasteiger partial charge in [0.15, 0.2) is 0 Å². The van der Waals surface area contributed by atoms with Gasteiger partial charge in [-0.1, -0.05) is 0 Å². The third kappa shape index (κ3) is 3.85. The molecule has 1 amide bonds. The second kappa shape index (κ2) is 7.18. The Bertz CT molecular complexity index is 1210. The lowest BCUT2D eigenvalue weighted by atomic mass is 10.1. The van der Waals surface area contributed by atoms with Crippen molar-refractivity contribution in [3.63, 3.8) is 0 Å². The molecule has 1 aliphatic rings. The first kappa shape index (κ1) is 19.4. The number of rotatable bonds is 5. The van der Waals surface area contributed by atoms with Crippen LogP contribution in [-0.2, 0) is 27.8 Å². The van der Waals surface area contributed by atoms with Gasteiger partial charge in [0.1, 0.15) is 0 Å². The molecule has 0 aliphatic carbocycles. The lowest BCUT2D eigenvalue weighted by Crippen LogP contribution is -2.27. The van der Waals surface area contributed by atoms with Crippen molar-refractivity contribution in [2.24, 2.45) is 0 Å². The zero-order valence-corrected chi connectivity index (χ0v) is 17.6. The van der Waals surface area contributed by atoms with E-state index in [4.69, 9.17) is 0 Å². The minimum absolute atomic E-state index is 0.0893. The number of anilines is 2. The largest absolute Gasteiger partial charge is 0.330 e. The van der Waals surface area contributed by atoms with Crippen LogP contribution < -0.4 is 9.62 Å². The van der Waals surface area contributed by atoms with E-state index >= 15 is 0 Å². The van der Waals surface area contributed by atoms with Crippen LogP contribution in [0.2, 0.25) is 0 Å². The highest BCUT2D eigenvalue weighted by Crippen LogP contribution is 2.32. The Balaban J connectivity index is 1.43. The summed E-state index contributed by atoms with van der Waals surface area (Å²) in [4.78, 5) is 16.9. The highest BCUT2D eigenvalue weighted by atomic mass is 32.2. The molecule has 8 heteroatoms. The molecule has 0 spiro atoms. The number of hydrogen-bond acceptors (Lipinski definition) is 4. The van der Waals surface area contributed by atoms with Crippen molar-refractivity contribution in [1.82, 2.24) is 9.55 Å². The van der Waals surface area contributed by atoms with Gasteiger partial charge in [-0.2, -0.15) is 0 Å². The van der Waals surface area contributed by atoms with Gasteiger partial charge >= 0.3 is 0 Å². The number of aryl methyl sites for hydroxylation is 3. The molecule has 29 heavy (non-hydrogen) atoms. The van der Waals surface area contributed by atoms with Crippen molar-refractivity contribution < 1.29 is 13.2 Å². The third-order valence-corrected chi connectivity index (χ3v) is 6.61. The van der Waals surface area contributed by atoms with Gasteiger partial charge in [0.2, 0.25) is 15.9 Å². The molecule has 2 aromatic carbocycles. The standard InChI is InChI=1S/C21H24N4O3S/c1-14-10-18-20(11-15(14)2)24(13-22-18)8-7-21(26)23-17-4-5-19-16(12-17)6-9-25(19)29(3,27)28/h4-5,10-13H,6-9H2,1-3H3,(H,23,26). The lowest BCUT2D eigenvalue weighted by Gasteiger charge is -2.16. The SMILES string of the molecule is Cc1cc2ncn(CCC(=O)Nc3ccc4c(c3)CCN4S(C)(=O)=O)c2cc1C.